The summed E-state index contributed by atoms with van der Waals surface area (Å²) in [6.45, 7) is 4.13. The van der Waals surface area contributed by atoms with Crippen LogP contribution in [0.5, 0.6) is 5.75 Å². The Morgan fingerprint density at radius 2 is 1.92 bits per heavy atom. The van der Waals surface area contributed by atoms with E-state index < -0.39 is 0 Å². The maximum absolute atomic E-state index is 12.2. The molecule has 1 atom stereocenters. The van der Waals surface area contributed by atoms with Crippen LogP contribution in [-0.4, -0.2) is 12.5 Å². The number of carbonyl (C=O) groups excluding carboxylic acids is 1. The number of benzene rings is 2. The minimum atomic E-state index is -0.0841. The largest absolute Gasteiger partial charge is 0.483 e. The van der Waals surface area contributed by atoms with Crippen LogP contribution in [0, 0.1) is 6.92 Å². The lowest BCUT2D eigenvalue weighted by atomic mass is 9.91. The fourth-order valence-electron chi connectivity index (χ4n) is 3.46. The Kier molecular flexibility index (Phi) is 5.19. The quantitative estimate of drug-likeness (QED) is 0.898. The van der Waals surface area contributed by atoms with E-state index in [0.29, 0.717) is 0 Å². The van der Waals surface area contributed by atoms with Crippen molar-refractivity contribution in [3.05, 3.63) is 64.7 Å². The Balaban J connectivity index is 1.59. The molecule has 0 unspecified atom stereocenters. The first-order valence-corrected chi connectivity index (χ1v) is 8.73. The number of amides is 1. The predicted molar refractivity (Wildman–Crippen MR) is 96.3 cm³/mol. The summed E-state index contributed by atoms with van der Waals surface area (Å²) >= 11 is 0. The SMILES string of the molecule is Cc1ccccc1[C@@H](C)NC(=O)COc1cccc2c1CCCC2. The van der Waals surface area contributed by atoms with Crippen LogP contribution < -0.4 is 10.1 Å². The van der Waals surface area contributed by atoms with Crippen LogP contribution in [-0.2, 0) is 17.6 Å². The first kappa shape index (κ1) is 16.6. The number of hydrogen-bond donors (Lipinski definition) is 1. The molecule has 2 aromatic carbocycles. The van der Waals surface area contributed by atoms with Crippen LogP contribution in [0.2, 0.25) is 0 Å². The van der Waals surface area contributed by atoms with Gasteiger partial charge in [0, 0.05) is 0 Å². The van der Waals surface area contributed by atoms with E-state index in [1.54, 1.807) is 0 Å². The Morgan fingerprint density at radius 3 is 2.75 bits per heavy atom. The van der Waals surface area contributed by atoms with Crippen molar-refractivity contribution in [1.29, 1.82) is 0 Å². The molecule has 3 nitrogen and oxygen atoms in total. The highest BCUT2D eigenvalue weighted by Gasteiger charge is 2.16. The van der Waals surface area contributed by atoms with Gasteiger partial charge >= 0.3 is 0 Å². The van der Waals surface area contributed by atoms with Gasteiger partial charge in [-0.1, -0.05) is 36.4 Å². The van der Waals surface area contributed by atoms with Gasteiger partial charge in [-0.25, -0.2) is 0 Å². The summed E-state index contributed by atoms with van der Waals surface area (Å²) in [6.07, 6.45) is 4.60. The van der Waals surface area contributed by atoms with Gasteiger partial charge in [0.2, 0.25) is 0 Å². The van der Waals surface area contributed by atoms with E-state index in [9.17, 15) is 4.79 Å². The van der Waals surface area contributed by atoms with Crippen LogP contribution in [0.25, 0.3) is 0 Å². The van der Waals surface area contributed by atoms with Crippen LogP contribution >= 0.6 is 0 Å². The van der Waals surface area contributed by atoms with E-state index >= 15 is 0 Å². The maximum atomic E-state index is 12.2. The molecular formula is C21H25NO2. The lowest BCUT2D eigenvalue weighted by Crippen LogP contribution is -2.31. The normalized spacial score (nSPS) is 14.6. The summed E-state index contributed by atoms with van der Waals surface area (Å²) in [7, 11) is 0. The minimum absolute atomic E-state index is 0.0213. The fraction of sp³-hybridized carbons (Fsp3) is 0.381. The topological polar surface area (TPSA) is 38.3 Å². The minimum Gasteiger partial charge on any atom is -0.483 e. The molecule has 0 heterocycles. The van der Waals surface area contributed by atoms with Crippen molar-refractivity contribution in [1.82, 2.24) is 5.32 Å². The van der Waals surface area contributed by atoms with Crippen molar-refractivity contribution in [2.45, 2.75) is 45.6 Å². The van der Waals surface area contributed by atoms with Crippen molar-refractivity contribution >= 4 is 5.91 Å². The van der Waals surface area contributed by atoms with Crippen LogP contribution in [0.1, 0.15) is 48.1 Å². The number of carbonyl (C=O) groups is 1. The van der Waals surface area contributed by atoms with Gasteiger partial charge in [-0.2, -0.15) is 0 Å². The second-order valence-electron chi connectivity index (χ2n) is 6.54. The van der Waals surface area contributed by atoms with Gasteiger partial charge in [0.1, 0.15) is 5.75 Å². The average molecular weight is 323 g/mol. The highest BCUT2D eigenvalue weighted by molar-refractivity contribution is 5.78. The van der Waals surface area contributed by atoms with Crippen molar-refractivity contribution in [2.75, 3.05) is 6.61 Å². The second kappa shape index (κ2) is 7.52. The predicted octanol–water partition coefficient (Wildman–Crippen LogP) is 4.13. The number of ether oxygens (including phenoxy) is 1. The highest BCUT2D eigenvalue weighted by atomic mass is 16.5. The first-order chi connectivity index (χ1) is 11.6. The zero-order valence-corrected chi connectivity index (χ0v) is 14.5. The third kappa shape index (κ3) is 3.78. The standard InChI is InChI=1S/C21H25NO2/c1-15-8-3-5-11-18(15)16(2)22-21(23)14-24-20-13-7-10-17-9-4-6-12-19(17)20/h3,5,7-8,10-11,13,16H,4,6,9,12,14H2,1-2H3,(H,22,23)/t16-/m1/s1. The van der Waals surface area contributed by atoms with Crippen LogP contribution in [0.15, 0.2) is 42.5 Å². The van der Waals surface area contributed by atoms with E-state index in [1.807, 2.05) is 31.2 Å². The maximum Gasteiger partial charge on any atom is 0.258 e. The van der Waals surface area contributed by atoms with E-state index in [1.165, 1.54) is 29.5 Å². The number of nitrogens with one attached hydrogen (secondary N) is 1. The molecule has 3 heteroatoms. The molecule has 3 rings (SSSR count). The molecule has 0 fully saturated rings. The molecule has 0 saturated carbocycles. The fourth-order valence-corrected chi connectivity index (χ4v) is 3.46. The Labute approximate surface area is 144 Å². The summed E-state index contributed by atoms with van der Waals surface area (Å²) < 4.78 is 5.82. The first-order valence-electron chi connectivity index (χ1n) is 8.73. The zero-order valence-electron chi connectivity index (χ0n) is 14.5. The average Bonchev–Trinajstić information content (AvgIpc) is 2.60. The van der Waals surface area contributed by atoms with E-state index in [-0.39, 0.29) is 18.6 Å². The summed E-state index contributed by atoms with van der Waals surface area (Å²) in [5, 5.41) is 3.02. The Bertz CT molecular complexity index is 724. The summed E-state index contributed by atoms with van der Waals surface area (Å²) in [4.78, 5) is 12.2. The summed E-state index contributed by atoms with van der Waals surface area (Å²) in [5.74, 6) is 0.782. The van der Waals surface area contributed by atoms with Crippen molar-refractivity contribution in [2.24, 2.45) is 0 Å². The number of hydrogen-bond acceptors (Lipinski definition) is 2. The van der Waals surface area contributed by atoms with Gasteiger partial charge < -0.3 is 10.1 Å². The van der Waals surface area contributed by atoms with E-state index in [0.717, 1.165) is 24.2 Å². The molecule has 0 spiro atoms. The van der Waals surface area contributed by atoms with Crippen molar-refractivity contribution in [3.8, 4) is 5.75 Å². The van der Waals surface area contributed by atoms with Gasteiger partial charge in [0.15, 0.2) is 6.61 Å². The third-order valence-electron chi connectivity index (χ3n) is 4.74. The molecule has 1 aliphatic rings. The van der Waals surface area contributed by atoms with Gasteiger partial charge in [-0.3, -0.25) is 4.79 Å². The third-order valence-corrected chi connectivity index (χ3v) is 4.74. The molecular weight excluding hydrogens is 298 g/mol. The molecule has 2 aromatic rings. The van der Waals surface area contributed by atoms with Crippen molar-refractivity contribution < 1.29 is 9.53 Å². The second-order valence-corrected chi connectivity index (χ2v) is 6.54. The van der Waals surface area contributed by atoms with Gasteiger partial charge in [-0.05, 0) is 67.9 Å². The van der Waals surface area contributed by atoms with E-state index in [4.69, 9.17) is 4.74 Å². The molecule has 24 heavy (non-hydrogen) atoms. The monoisotopic (exact) mass is 323 g/mol. The highest BCUT2D eigenvalue weighted by Crippen LogP contribution is 2.29. The Hall–Kier alpha value is -2.29. The molecule has 0 radical (unpaired) electrons. The summed E-state index contributed by atoms with van der Waals surface area (Å²) in [6, 6.07) is 14.3. The van der Waals surface area contributed by atoms with Gasteiger partial charge in [0.05, 0.1) is 6.04 Å². The number of fused-ring (bicyclic) bond motifs is 1. The molecule has 0 saturated heterocycles. The van der Waals surface area contributed by atoms with Crippen LogP contribution in [0.4, 0.5) is 0 Å². The Morgan fingerprint density at radius 1 is 1.12 bits per heavy atom. The number of aryl methyl sites for hydroxylation is 2. The smallest absolute Gasteiger partial charge is 0.258 e. The molecule has 126 valence electrons. The molecule has 0 bridgehead atoms. The van der Waals surface area contributed by atoms with Crippen LogP contribution in [0.3, 0.4) is 0 Å². The lowest BCUT2D eigenvalue weighted by Gasteiger charge is -2.20. The molecule has 1 N–H and O–H groups in total. The molecule has 0 aliphatic heterocycles. The van der Waals surface area contributed by atoms with Crippen molar-refractivity contribution in [3.63, 3.8) is 0 Å². The van der Waals surface area contributed by atoms with Gasteiger partial charge in [-0.15, -0.1) is 0 Å². The lowest BCUT2D eigenvalue weighted by molar-refractivity contribution is -0.123. The zero-order chi connectivity index (χ0) is 16.9. The van der Waals surface area contributed by atoms with Gasteiger partial charge in [0.25, 0.3) is 5.91 Å². The molecule has 1 aliphatic carbocycles. The number of rotatable bonds is 5. The molecule has 1 amide bonds. The summed E-state index contributed by atoms with van der Waals surface area (Å²) in [5.41, 5.74) is 4.97. The van der Waals surface area contributed by atoms with E-state index in [2.05, 4.69) is 30.4 Å². The molecule has 0 aromatic heterocycles.